The highest BCUT2D eigenvalue weighted by Crippen LogP contribution is 2.06. The molecule has 1 heterocycles. The molecule has 0 bridgehead atoms. The van der Waals surface area contributed by atoms with Gasteiger partial charge in [0.25, 0.3) is 11.8 Å². The molecule has 72 valence electrons. The summed E-state index contributed by atoms with van der Waals surface area (Å²) in [6.45, 7) is 0.537. The Bertz CT molecular complexity index is 232. The summed E-state index contributed by atoms with van der Waals surface area (Å²) < 4.78 is 0. The molecule has 2 N–H and O–H groups in total. The highest BCUT2D eigenvalue weighted by atomic mass is 16.2. The molecule has 0 radical (unpaired) electrons. The summed E-state index contributed by atoms with van der Waals surface area (Å²) in [5.41, 5.74) is 0. The Labute approximate surface area is 76.8 Å². The molecule has 1 rings (SSSR count). The van der Waals surface area contributed by atoms with Gasteiger partial charge in [0, 0.05) is 18.7 Å². The van der Waals surface area contributed by atoms with Gasteiger partial charge in [-0.3, -0.25) is 19.8 Å². The molecule has 13 heavy (non-hydrogen) atoms. The molecule has 0 aromatic rings. The van der Waals surface area contributed by atoms with Crippen LogP contribution in [-0.2, 0) is 9.59 Å². The van der Waals surface area contributed by atoms with E-state index >= 15 is 0 Å². The third-order valence-corrected chi connectivity index (χ3v) is 1.89. The van der Waals surface area contributed by atoms with Crippen LogP contribution in [-0.4, -0.2) is 43.5 Å². The number of nitrogens with zero attached hydrogens (tertiary/aromatic N) is 1. The van der Waals surface area contributed by atoms with E-state index in [-0.39, 0.29) is 18.0 Å². The Kier molecular flexibility index (Phi) is 3.16. The third kappa shape index (κ3) is 1.93. The van der Waals surface area contributed by atoms with Gasteiger partial charge in [-0.05, 0) is 14.1 Å². The second kappa shape index (κ2) is 4.15. The molecular weight excluding hydrogens is 170 g/mol. The Balaban J connectivity index is 2.68. The quantitative estimate of drug-likeness (QED) is 0.530. The SMILES string of the molecule is CNCC(NC)N1C(=O)C=CC1=O. The molecular formula is C8H13N3O2. The Hall–Kier alpha value is -1.20. The number of rotatable bonds is 4. The molecule has 0 saturated heterocycles. The Morgan fingerprint density at radius 1 is 1.31 bits per heavy atom. The fourth-order valence-corrected chi connectivity index (χ4v) is 1.23. The topological polar surface area (TPSA) is 61.4 Å². The van der Waals surface area contributed by atoms with Crippen LogP contribution in [0.25, 0.3) is 0 Å². The molecule has 0 fully saturated rings. The number of carbonyl (C=O) groups is 2. The van der Waals surface area contributed by atoms with Crippen LogP contribution in [0.1, 0.15) is 0 Å². The molecule has 0 aromatic heterocycles. The third-order valence-electron chi connectivity index (χ3n) is 1.89. The minimum atomic E-state index is -0.278. The first-order valence-electron chi connectivity index (χ1n) is 4.07. The van der Waals surface area contributed by atoms with E-state index in [4.69, 9.17) is 0 Å². The summed E-state index contributed by atoms with van der Waals surface area (Å²) in [5.74, 6) is -0.529. The van der Waals surface area contributed by atoms with E-state index in [1.54, 1.807) is 14.1 Å². The number of hydrogen-bond acceptors (Lipinski definition) is 4. The van der Waals surface area contributed by atoms with Gasteiger partial charge in [0.2, 0.25) is 0 Å². The average Bonchev–Trinajstić information content (AvgIpc) is 2.43. The number of likely N-dealkylation sites (N-methyl/N-ethyl adjacent to an activating group) is 2. The summed E-state index contributed by atoms with van der Waals surface area (Å²) in [7, 11) is 3.48. The van der Waals surface area contributed by atoms with Gasteiger partial charge < -0.3 is 5.32 Å². The molecule has 0 aromatic carbocycles. The number of imide groups is 1. The normalized spacial score (nSPS) is 18.5. The van der Waals surface area contributed by atoms with Crippen LogP contribution in [0.3, 0.4) is 0 Å². The highest BCUT2D eigenvalue weighted by Gasteiger charge is 2.29. The lowest BCUT2D eigenvalue weighted by molar-refractivity contribution is -0.140. The summed E-state index contributed by atoms with van der Waals surface area (Å²) in [6, 6.07) is 0. The molecule has 0 spiro atoms. The molecule has 1 unspecified atom stereocenters. The Morgan fingerprint density at radius 2 is 1.85 bits per heavy atom. The predicted molar refractivity (Wildman–Crippen MR) is 47.8 cm³/mol. The maximum Gasteiger partial charge on any atom is 0.254 e. The number of hydrogen-bond donors (Lipinski definition) is 2. The molecule has 2 amide bonds. The second-order valence-electron chi connectivity index (χ2n) is 2.74. The van der Waals surface area contributed by atoms with Crippen molar-refractivity contribution in [3.63, 3.8) is 0 Å². The molecule has 1 aliphatic heterocycles. The lowest BCUT2D eigenvalue weighted by Crippen LogP contribution is -2.52. The van der Waals surface area contributed by atoms with Crippen molar-refractivity contribution in [1.29, 1.82) is 0 Å². The zero-order valence-corrected chi connectivity index (χ0v) is 7.70. The van der Waals surface area contributed by atoms with Crippen LogP contribution in [0.15, 0.2) is 12.2 Å². The van der Waals surface area contributed by atoms with Crippen LogP contribution in [0.2, 0.25) is 0 Å². The van der Waals surface area contributed by atoms with E-state index < -0.39 is 0 Å². The smallest absolute Gasteiger partial charge is 0.254 e. The standard InChI is InChI=1S/C8H13N3O2/c1-9-5-6(10-2)11-7(12)3-4-8(11)13/h3-4,6,9-10H,5H2,1-2H3. The van der Waals surface area contributed by atoms with Gasteiger partial charge >= 0.3 is 0 Å². The van der Waals surface area contributed by atoms with E-state index in [1.165, 1.54) is 17.1 Å². The fourth-order valence-electron chi connectivity index (χ4n) is 1.23. The van der Waals surface area contributed by atoms with Gasteiger partial charge in [0.05, 0.1) is 0 Å². The van der Waals surface area contributed by atoms with E-state index in [9.17, 15) is 9.59 Å². The van der Waals surface area contributed by atoms with Gasteiger partial charge in [-0.25, -0.2) is 0 Å². The molecule has 1 atom stereocenters. The summed E-state index contributed by atoms with van der Waals surface area (Å²) in [6.07, 6.45) is 2.28. The maximum atomic E-state index is 11.2. The Morgan fingerprint density at radius 3 is 2.23 bits per heavy atom. The van der Waals surface area contributed by atoms with Gasteiger partial charge in [0.15, 0.2) is 0 Å². The van der Waals surface area contributed by atoms with Crippen molar-refractivity contribution >= 4 is 11.8 Å². The zero-order valence-electron chi connectivity index (χ0n) is 7.70. The number of amides is 2. The van der Waals surface area contributed by atoms with Gasteiger partial charge in [-0.15, -0.1) is 0 Å². The first-order chi connectivity index (χ1) is 6.20. The van der Waals surface area contributed by atoms with E-state index in [0.29, 0.717) is 6.54 Å². The van der Waals surface area contributed by atoms with Crippen molar-refractivity contribution in [2.45, 2.75) is 6.17 Å². The first-order valence-corrected chi connectivity index (χ1v) is 4.07. The summed E-state index contributed by atoms with van der Waals surface area (Å²) in [5, 5.41) is 5.79. The van der Waals surface area contributed by atoms with E-state index in [2.05, 4.69) is 10.6 Å². The van der Waals surface area contributed by atoms with Crippen LogP contribution in [0, 0.1) is 0 Å². The van der Waals surface area contributed by atoms with Crippen LogP contribution < -0.4 is 10.6 Å². The minimum Gasteiger partial charge on any atom is -0.316 e. The minimum absolute atomic E-state index is 0.264. The predicted octanol–water partition coefficient (Wildman–Crippen LogP) is -1.32. The van der Waals surface area contributed by atoms with Crippen molar-refractivity contribution in [3.05, 3.63) is 12.2 Å². The first kappa shape index (κ1) is 9.88. The largest absolute Gasteiger partial charge is 0.316 e. The highest BCUT2D eigenvalue weighted by molar-refractivity contribution is 6.13. The molecule has 0 aliphatic carbocycles. The van der Waals surface area contributed by atoms with Crippen molar-refractivity contribution in [2.24, 2.45) is 0 Å². The van der Waals surface area contributed by atoms with Crippen LogP contribution in [0.4, 0.5) is 0 Å². The lowest BCUT2D eigenvalue weighted by atomic mass is 10.4. The maximum absolute atomic E-state index is 11.2. The summed E-state index contributed by atoms with van der Waals surface area (Å²) in [4.78, 5) is 23.6. The average molecular weight is 183 g/mol. The van der Waals surface area contributed by atoms with Gasteiger partial charge in [0.1, 0.15) is 6.17 Å². The molecule has 5 heteroatoms. The van der Waals surface area contributed by atoms with Crippen LogP contribution in [0.5, 0.6) is 0 Å². The van der Waals surface area contributed by atoms with Gasteiger partial charge in [-0.1, -0.05) is 0 Å². The van der Waals surface area contributed by atoms with Crippen molar-refractivity contribution in [3.8, 4) is 0 Å². The van der Waals surface area contributed by atoms with Crippen molar-refractivity contribution < 1.29 is 9.59 Å². The van der Waals surface area contributed by atoms with Crippen LogP contribution >= 0.6 is 0 Å². The monoisotopic (exact) mass is 183 g/mol. The zero-order chi connectivity index (χ0) is 9.84. The summed E-state index contributed by atoms with van der Waals surface area (Å²) >= 11 is 0. The van der Waals surface area contributed by atoms with Crippen molar-refractivity contribution in [1.82, 2.24) is 15.5 Å². The van der Waals surface area contributed by atoms with E-state index in [0.717, 1.165) is 0 Å². The van der Waals surface area contributed by atoms with Crippen molar-refractivity contribution in [2.75, 3.05) is 20.6 Å². The van der Waals surface area contributed by atoms with E-state index in [1.807, 2.05) is 0 Å². The van der Waals surface area contributed by atoms with Gasteiger partial charge in [-0.2, -0.15) is 0 Å². The second-order valence-corrected chi connectivity index (χ2v) is 2.74. The number of nitrogens with one attached hydrogen (secondary N) is 2. The molecule has 1 aliphatic rings. The molecule has 0 saturated carbocycles. The number of carbonyl (C=O) groups excluding carboxylic acids is 2. The lowest BCUT2D eigenvalue weighted by Gasteiger charge is -2.25. The molecule has 5 nitrogen and oxygen atoms in total. The fraction of sp³-hybridized carbons (Fsp3) is 0.500.